The predicted molar refractivity (Wildman–Crippen MR) is 103 cm³/mol. The maximum absolute atomic E-state index is 12.6. The molecule has 7 heteroatoms. The van der Waals surface area contributed by atoms with E-state index in [1.165, 1.54) is 12.5 Å². The van der Waals surface area contributed by atoms with Gasteiger partial charge >= 0.3 is 0 Å². The molecule has 1 saturated heterocycles. The van der Waals surface area contributed by atoms with Gasteiger partial charge in [0.1, 0.15) is 0 Å². The lowest BCUT2D eigenvalue weighted by molar-refractivity contribution is -0.132. The average molecular weight is 381 g/mol. The summed E-state index contributed by atoms with van der Waals surface area (Å²) in [6.07, 6.45) is 1.60. The van der Waals surface area contributed by atoms with E-state index >= 15 is 0 Å². The van der Waals surface area contributed by atoms with Crippen molar-refractivity contribution in [2.45, 2.75) is 46.1 Å². The molecule has 2 rings (SSSR count). The number of amides is 2. The lowest BCUT2D eigenvalue weighted by atomic mass is 10.1. The van der Waals surface area contributed by atoms with Crippen molar-refractivity contribution < 1.29 is 18.0 Å². The molecule has 0 radical (unpaired) electrons. The smallest absolute Gasteiger partial charge is 0.224 e. The van der Waals surface area contributed by atoms with Crippen LogP contribution in [0.25, 0.3) is 0 Å². The van der Waals surface area contributed by atoms with Gasteiger partial charge in [0, 0.05) is 38.2 Å². The average Bonchev–Trinajstić information content (AvgIpc) is 2.95. The Balaban J connectivity index is 2.02. The summed E-state index contributed by atoms with van der Waals surface area (Å²) in [4.78, 5) is 27.9. The van der Waals surface area contributed by atoms with E-state index in [0.29, 0.717) is 13.0 Å². The van der Waals surface area contributed by atoms with Crippen LogP contribution in [0, 0.1) is 0 Å². The first-order valence-corrected chi connectivity index (χ1v) is 11.0. The van der Waals surface area contributed by atoms with Crippen LogP contribution in [0.4, 0.5) is 5.69 Å². The third-order valence-corrected chi connectivity index (χ3v) is 6.65. The Labute approximate surface area is 156 Å². The number of nitrogens with zero attached hydrogens (tertiary/aromatic N) is 2. The second-order valence-electron chi connectivity index (χ2n) is 6.68. The molecule has 0 saturated carbocycles. The maximum Gasteiger partial charge on any atom is 0.224 e. The highest BCUT2D eigenvalue weighted by atomic mass is 32.2. The van der Waals surface area contributed by atoms with Crippen molar-refractivity contribution in [1.29, 1.82) is 0 Å². The zero-order valence-electron chi connectivity index (χ0n) is 15.8. The van der Waals surface area contributed by atoms with E-state index in [1.54, 1.807) is 9.80 Å². The van der Waals surface area contributed by atoms with Crippen molar-refractivity contribution in [2.24, 2.45) is 0 Å². The molecule has 1 aliphatic rings. The Morgan fingerprint density at radius 2 is 1.81 bits per heavy atom. The maximum atomic E-state index is 12.6. The molecule has 26 heavy (non-hydrogen) atoms. The minimum atomic E-state index is -3.04. The molecule has 1 heterocycles. The number of aryl methyl sites for hydroxylation is 1. The van der Waals surface area contributed by atoms with E-state index in [-0.39, 0.29) is 42.3 Å². The van der Waals surface area contributed by atoms with E-state index < -0.39 is 9.84 Å². The third-order valence-electron chi connectivity index (χ3n) is 4.90. The number of rotatable bonds is 7. The second-order valence-corrected chi connectivity index (χ2v) is 8.91. The minimum absolute atomic E-state index is 0.0431. The van der Waals surface area contributed by atoms with Gasteiger partial charge in [-0.3, -0.25) is 9.59 Å². The molecule has 0 bridgehead atoms. The molecule has 1 fully saturated rings. The summed E-state index contributed by atoms with van der Waals surface area (Å²) >= 11 is 0. The minimum Gasteiger partial charge on any atom is -0.339 e. The molecule has 1 aromatic rings. The molecule has 2 amide bonds. The van der Waals surface area contributed by atoms with Gasteiger partial charge in [0.25, 0.3) is 0 Å². The number of hydrogen-bond donors (Lipinski definition) is 0. The Morgan fingerprint density at radius 1 is 1.15 bits per heavy atom. The first-order chi connectivity index (χ1) is 12.3. The molecule has 0 spiro atoms. The first-order valence-electron chi connectivity index (χ1n) is 9.14. The van der Waals surface area contributed by atoms with E-state index in [0.717, 1.165) is 12.1 Å². The van der Waals surface area contributed by atoms with E-state index in [2.05, 4.69) is 6.92 Å². The Bertz CT molecular complexity index is 743. The van der Waals surface area contributed by atoms with Crippen LogP contribution in [0.5, 0.6) is 0 Å². The summed E-state index contributed by atoms with van der Waals surface area (Å²) in [6, 6.07) is 7.51. The molecular formula is C19H28N2O4S. The van der Waals surface area contributed by atoms with Gasteiger partial charge in [-0.1, -0.05) is 19.1 Å². The largest absolute Gasteiger partial charge is 0.339 e. The number of hydrogen-bond acceptors (Lipinski definition) is 4. The van der Waals surface area contributed by atoms with E-state index in [1.807, 2.05) is 31.2 Å². The van der Waals surface area contributed by atoms with Gasteiger partial charge in [0.15, 0.2) is 9.84 Å². The van der Waals surface area contributed by atoms with Gasteiger partial charge in [-0.25, -0.2) is 8.42 Å². The van der Waals surface area contributed by atoms with Crippen LogP contribution >= 0.6 is 0 Å². The molecule has 6 nitrogen and oxygen atoms in total. The Morgan fingerprint density at radius 3 is 2.27 bits per heavy atom. The van der Waals surface area contributed by atoms with Gasteiger partial charge in [-0.15, -0.1) is 0 Å². The highest BCUT2D eigenvalue weighted by Crippen LogP contribution is 2.20. The summed E-state index contributed by atoms with van der Waals surface area (Å²) in [6.45, 7) is 6.17. The van der Waals surface area contributed by atoms with Gasteiger partial charge in [0.2, 0.25) is 11.8 Å². The molecule has 0 aliphatic carbocycles. The zero-order chi connectivity index (χ0) is 19.3. The van der Waals surface area contributed by atoms with Gasteiger partial charge in [-0.05, 0) is 37.5 Å². The summed E-state index contributed by atoms with van der Waals surface area (Å²) in [5.74, 6) is -0.0358. The first kappa shape index (κ1) is 20.4. The number of benzene rings is 1. The summed E-state index contributed by atoms with van der Waals surface area (Å²) in [7, 11) is -3.04. The highest BCUT2D eigenvalue weighted by Gasteiger charge is 2.33. The summed E-state index contributed by atoms with van der Waals surface area (Å²) in [5, 5.41) is 0. The van der Waals surface area contributed by atoms with Crippen LogP contribution in [-0.4, -0.2) is 55.8 Å². The topological polar surface area (TPSA) is 74.8 Å². The number of anilines is 1. The zero-order valence-corrected chi connectivity index (χ0v) is 16.6. The van der Waals surface area contributed by atoms with Crippen molar-refractivity contribution in [3.05, 3.63) is 29.8 Å². The van der Waals surface area contributed by atoms with Crippen LogP contribution in [-0.2, 0) is 25.8 Å². The standard InChI is InChI=1S/C19H28N2O4S/c1-4-16-6-8-17(9-7-16)21(15(3)22)12-10-19(23)20(5-2)18-11-13-26(24,25)14-18/h6-9,18H,4-5,10-14H2,1-3H3. The normalized spacial score (nSPS) is 18.5. The van der Waals surface area contributed by atoms with Gasteiger partial charge in [0.05, 0.1) is 11.5 Å². The number of carbonyl (C=O) groups is 2. The lowest BCUT2D eigenvalue weighted by Crippen LogP contribution is -2.42. The number of carbonyl (C=O) groups excluding carboxylic acids is 2. The quantitative estimate of drug-likeness (QED) is 0.725. The molecule has 144 valence electrons. The number of sulfone groups is 1. The molecule has 1 aromatic carbocycles. The SMILES string of the molecule is CCc1ccc(N(CCC(=O)N(CC)C2CCS(=O)(=O)C2)C(C)=O)cc1. The van der Waals surface area contributed by atoms with Crippen LogP contribution in [0.1, 0.15) is 39.2 Å². The molecule has 1 atom stereocenters. The summed E-state index contributed by atoms with van der Waals surface area (Å²) < 4.78 is 23.4. The van der Waals surface area contributed by atoms with Crippen molar-refractivity contribution in [3.63, 3.8) is 0 Å². The van der Waals surface area contributed by atoms with Crippen LogP contribution in [0.2, 0.25) is 0 Å². The molecule has 0 aromatic heterocycles. The van der Waals surface area contributed by atoms with Crippen molar-refractivity contribution in [3.8, 4) is 0 Å². The van der Waals surface area contributed by atoms with E-state index in [9.17, 15) is 18.0 Å². The molecular weight excluding hydrogens is 352 g/mol. The molecule has 1 unspecified atom stereocenters. The van der Waals surface area contributed by atoms with Crippen LogP contribution in [0.3, 0.4) is 0 Å². The van der Waals surface area contributed by atoms with Crippen LogP contribution in [0.15, 0.2) is 24.3 Å². The van der Waals surface area contributed by atoms with Crippen molar-refractivity contribution >= 4 is 27.3 Å². The highest BCUT2D eigenvalue weighted by molar-refractivity contribution is 7.91. The summed E-state index contributed by atoms with van der Waals surface area (Å²) in [5.41, 5.74) is 1.96. The van der Waals surface area contributed by atoms with Crippen LogP contribution < -0.4 is 4.90 Å². The molecule has 0 N–H and O–H groups in total. The van der Waals surface area contributed by atoms with Crippen molar-refractivity contribution in [2.75, 3.05) is 29.5 Å². The predicted octanol–water partition coefficient (Wildman–Crippen LogP) is 2.03. The Hall–Kier alpha value is -1.89. The Kier molecular flexibility index (Phi) is 6.81. The fourth-order valence-corrected chi connectivity index (χ4v) is 5.12. The van der Waals surface area contributed by atoms with Gasteiger partial charge in [-0.2, -0.15) is 0 Å². The fourth-order valence-electron chi connectivity index (χ4n) is 3.39. The van der Waals surface area contributed by atoms with Crippen molar-refractivity contribution in [1.82, 2.24) is 4.90 Å². The monoisotopic (exact) mass is 380 g/mol. The lowest BCUT2D eigenvalue weighted by Gasteiger charge is -2.28. The second kappa shape index (κ2) is 8.66. The fraction of sp³-hybridized carbons (Fsp3) is 0.579. The van der Waals surface area contributed by atoms with Gasteiger partial charge < -0.3 is 9.80 Å². The van der Waals surface area contributed by atoms with E-state index in [4.69, 9.17) is 0 Å². The third kappa shape index (κ3) is 5.06. The molecule has 1 aliphatic heterocycles.